The first-order valence-corrected chi connectivity index (χ1v) is 9.73. The zero-order chi connectivity index (χ0) is 19.1. The highest BCUT2D eigenvalue weighted by molar-refractivity contribution is 5.33. The summed E-state index contributed by atoms with van der Waals surface area (Å²) < 4.78 is 0. The molecule has 0 saturated heterocycles. The maximum Gasteiger partial charge on any atom is 0.156 e. The molecule has 4 aliphatic rings. The molecule has 10 atom stereocenters. The van der Waals surface area contributed by atoms with Crippen LogP contribution in [0.15, 0.2) is 11.6 Å². The third kappa shape index (κ3) is 2.00. The molecule has 0 amide bonds. The third-order valence-electron chi connectivity index (χ3n) is 8.54. The molecule has 3 saturated carbocycles. The summed E-state index contributed by atoms with van der Waals surface area (Å²) in [5, 5.41) is 53.3. The van der Waals surface area contributed by atoms with Crippen molar-refractivity contribution in [3.8, 4) is 12.3 Å². The summed E-state index contributed by atoms with van der Waals surface area (Å²) in [7, 11) is 0. The van der Waals surface area contributed by atoms with Crippen LogP contribution in [0.25, 0.3) is 0 Å². The molecule has 144 valence electrons. The fourth-order valence-corrected chi connectivity index (χ4v) is 7.13. The van der Waals surface area contributed by atoms with E-state index in [1.165, 1.54) is 0 Å². The molecule has 3 fully saturated rings. The minimum absolute atomic E-state index is 0.00516. The first-order chi connectivity index (χ1) is 12.1. The number of hydrogen-bond donors (Lipinski definition) is 5. The van der Waals surface area contributed by atoms with Gasteiger partial charge in [-0.2, -0.15) is 0 Å². The van der Waals surface area contributed by atoms with Gasteiger partial charge in [0.05, 0.1) is 18.3 Å². The smallest absolute Gasteiger partial charge is 0.156 e. The molecular formula is C21H30O5. The second kappa shape index (κ2) is 5.56. The second-order valence-electron chi connectivity index (χ2n) is 9.51. The number of aliphatic hydroxyl groups is 5. The lowest BCUT2D eigenvalue weighted by molar-refractivity contribution is -0.165. The molecule has 5 N–H and O–H groups in total. The Morgan fingerprint density at radius 3 is 2.50 bits per heavy atom. The van der Waals surface area contributed by atoms with Crippen molar-refractivity contribution in [1.82, 2.24) is 0 Å². The monoisotopic (exact) mass is 362 g/mol. The van der Waals surface area contributed by atoms with Gasteiger partial charge in [-0.3, -0.25) is 0 Å². The van der Waals surface area contributed by atoms with Crippen molar-refractivity contribution >= 4 is 0 Å². The fraction of sp³-hybridized carbons (Fsp3) is 0.810. The summed E-state index contributed by atoms with van der Waals surface area (Å²) in [4.78, 5) is 0. The van der Waals surface area contributed by atoms with Gasteiger partial charge in [-0.15, -0.1) is 6.42 Å². The van der Waals surface area contributed by atoms with E-state index < -0.39 is 35.4 Å². The van der Waals surface area contributed by atoms with E-state index in [9.17, 15) is 25.5 Å². The van der Waals surface area contributed by atoms with Crippen LogP contribution >= 0.6 is 0 Å². The first kappa shape index (κ1) is 18.5. The highest BCUT2D eigenvalue weighted by Crippen LogP contribution is 2.67. The van der Waals surface area contributed by atoms with Crippen molar-refractivity contribution in [2.75, 3.05) is 0 Å². The molecule has 0 radical (unpaired) electrons. The second-order valence-corrected chi connectivity index (χ2v) is 9.51. The van der Waals surface area contributed by atoms with Crippen molar-refractivity contribution in [1.29, 1.82) is 0 Å². The third-order valence-corrected chi connectivity index (χ3v) is 8.54. The number of aliphatic hydroxyl groups excluding tert-OH is 4. The lowest BCUT2D eigenvalue weighted by Gasteiger charge is -2.60. The molecule has 0 unspecified atom stereocenters. The Labute approximate surface area is 154 Å². The first-order valence-electron chi connectivity index (χ1n) is 9.73. The average molecular weight is 362 g/mol. The van der Waals surface area contributed by atoms with E-state index in [0.717, 1.165) is 5.57 Å². The van der Waals surface area contributed by atoms with Gasteiger partial charge in [0.15, 0.2) is 5.60 Å². The van der Waals surface area contributed by atoms with Gasteiger partial charge in [-0.1, -0.05) is 25.8 Å². The lowest BCUT2D eigenvalue weighted by atomic mass is 9.46. The van der Waals surface area contributed by atoms with Gasteiger partial charge in [0.2, 0.25) is 0 Å². The van der Waals surface area contributed by atoms with Crippen LogP contribution < -0.4 is 0 Å². The highest BCUT2D eigenvalue weighted by atomic mass is 16.3. The van der Waals surface area contributed by atoms with Crippen molar-refractivity contribution in [3.05, 3.63) is 11.6 Å². The van der Waals surface area contributed by atoms with E-state index in [1.54, 1.807) is 0 Å². The zero-order valence-electron chi connectivity index (χ0n) is 15.5. The molecule has 0 spiro atoms. The Balaban J connectivity index is 1.78. The summed E-state index contributed by atoms with van der Waals surface area (Å²) >= 11 is 0. The number of fused-ring (bicyclic) bond motifs is 5. The minimum atomic E-state index is -1.63. The molecule has 5 heteroatoms. The number of terminal acetylenes is 1. The molecule has 26 heavy (non-hydrogen) atoms. The predicted octanol–water partition coefficient (Wildman–Crippen LogP) is 0.587. The van der Waals surface area contributed by atoms with Gasteiger partial charge < -0.3 is 25.5 Å². The normalized spacial score (nSPS) is 58.8. The van der Waals surface area contributed by atoms with Crippen LogP contribution in [-0.2, 0) is 0 Å². The fourth-order valence-electron chi connectivity index (χ4n) is 7.13. The quantitative estimate of drug-likeness (QED) is 0.321. The van der Waals surface area contributed by atoms with Crippen molar-refractivity contribution in [2.45, 2.75) is 76.0 Å². The molecular weight excluding hydrogens is 332 g/mol. The SMILES string of the molecule is C#C[C@]1(O)[C@H](O)C[C@H]2[C@@H]3CC=C4[C@@H](O)[C@H](O)CC[C@]4(C)[C@H]3[C@@H](O)C[C@@]21C. The van der Waals surface area contributed by atoms with E-state index >= 15 is 0 Å². The molecule has 5 nitrogen and oxygen atoms in total. The summed E-state index contributed by atoms with van der Waals surface area (Å²) in [6.45, 7) is 3.98. The van der Waals surface area contributed by atoms with Crippen molar-refractivity contribution < 1.29 is 25.5 Å². The average Bonchev–Trinajstić information content (AvgIpc) is 2.79. The number of rotatable bonds is 0. The van der Waals surface area contributed by atoms with Crippen LogP contribution in [0.1, 0.15) is 46.0 Å². The van der Waals surface area contributed by atoms with E-state index in [0.29, 0.717) is 32.1 Å². The van der Waals surface area contributed by atoms with Crippen molar-refractivity contribution in [2.24, 2.45) is 28.6 Å². The Kier molecular flexibility index (Phi) is 3.95. The number of allylic oxidation sites excluding steroid dienone is 1. The lowest BCUT2D eigenvalue weighted by Crippen LogP contribution is -2.61. The van der Waals surface area contributed by atoms with Crippen LogP contribution in [0.2, 0.25) is 0 Å². The van der Waals surface area contributed by atoms with Crippen LogP contribution in [0, 0.1) is 40.9 Å². The van der Waals surface area contributed by atoms with Gasteiger partial charge in [0.1, 0.15) is 6.10 Å². The Hall–Kier alpha value is -0.900. The van der Waals surface area contributed by atoms with Gasteiger partial charge in [-0.25, -0.2) is 0 Å². The predicted molar refractivity (Wildman–Crippen MR) is 95.7 cm³/mol. The summed E-state index contributed by atoms with van der Waals surface area (Å²) in [6, 6.07) is 0. The summed E-state index contributed by atoms with van der Waals surface area (Å²) in [5.41, 5.74) is -1.91. The maximum absolute atomic E-state index is 11.2. The number of hydrogen-bond acceptors (Lipinski definition) is 5. The highest BCUT2D eigenvalue weighted by Gasteiger charge is 2.69. The van der Waals surface area contributed by atoms with Gasteiger partial charge >= 0.3 is 0 Å². The van der Waals surface area contributed by atoms with Crippen LogP contribution in [0.3, 0.4) is 0 Å². The van der Waals surface area contributed by atoms with Crippen molar-refractivity contribution in [3.63, 3.8) is 0 Å². The van der Waals surface area contributed by atoms with Crippen LogP contribution in [-0.4, -0.2) is 55.5 Å². The molecule has 0 aromatic carbocycles. The summed E-state index contributed by atoms with van der Waals surface area (Å²) in [5.74, 6) is 2.44. The zero-order valence-corrected chi connectivity index (χ0v) is 15.5. The largest absolute Gasteiger partial charge is 0.393 e. The van der Waals surface area contributed by atoms with E-state index in [1.807, 2.05) is 13.0 Å². The van der Waals surface area contributed by atoms with E-state index in [-0.39, 0.29) is 23.2 Å². The van der Waals surface area contributed by atoms with E-state index in [2.05, 4.69) is 12.8 Å². The van der Waals surface area contributed by atoms with E-state index in [4.69, 9.17) is 6.42 Å². The molecule has 0 aliphatic heterocycles. The Morgan fingerprint density at radius 2 is 1.85 bits per heavy atom. The molecule has 0 bridgehead atoms. The topological polar surface area (TPSA) is 101 Å². The Morgan fingerprint density at radius 1 is 1.15 bits per heavy atom. The molecule has 0 aromatic heterocycles. The molecule has 4 rings (SSSR count). The van der Waals surface area contributed by atoms with Crippen LogP contribution in [0.4, 0.5) is 0 Å². The van der Waals surface area contributed by atoms with Gasteiger partial charge in [0.25, 0.3) is 0 Å². The Bertz CT molecular complexity index is 682. The standard InChI is InChI=1S/C21H30O5/c1-4-21(26)16(24)9-13-11-5-6-12-18(25)14(22)7-8-19(12,2)17(11)15(23)10-20(13,21)3/h1,6,11,13-18,22-26H,5,7-10H2,2-3H3/t11-,13-,14+,15-,16+,17+,18+,19-,20-,21-/m0/s1. The maximum atomic E-state index is 11.2. The van der Waals surface area contributed by atoms with Crippen LogP contribution in [0.5, 0.6) is 0 Å². The minimum Gasteiger partial charge on any atom is -0.393 e. The van der Waals surface area contributed by atoms with Gasteiger partial charge in [0, 0.05) is 5.41 Å². The molecule has 0 aromatic rings. The molecule has 0 heterocycles. The van der Waals surface area contributed by atoms with Gasteiger partial charge in [-0.05, 0) is 60.8 Å². The molecule has 4 aliphatic carbocycles. The summed E-state index contributed by atoms with van der Waals surface area (Å²) in [6.07, 6.45) is 6.95.